The van der Waals surface area contributed by atoms with E-state index in [0.29, 0.717) is 5.41 Å². The normalized spacial score (nSPS) is 28.4. The zero-order chi connectivity index (χ0) is 9.15. The number of rotatable bonds is 2. The molecule has 2 nitrogen and oxygen atoms in total. The molecule has 0 unspecified atom stereocenters. The molecule has 1 aliphatic carbocycles. The second kappa shape index (κ2) is 3.97. The highest BCUT2D eigenvalue weighted by Crippen LogP contribution is 2.42. The molecule has 0 aromatic heterocycles. The van der Waals surface area contributed by atoms with Crippen molar-refractivity contribution in [2.24, 2.45) is 5.41 Å². The lowest BCUT2D eigenvalue weighted by molar-refractivity contribution is 0.0102. The van der Waals surface area contributed by atoms with Gasteiger partial charge in [-0.3, -0.25) is 0 Å². The molecule has 1 heterocycles. The topological polar surface area (TPSA) is 12.5 Å². The van der Waals surface area contributed by atoms with Gasteiger partial charge in [-0.25, -0.2) is 0 Å². The van der Waals surface area contributed by atoms with Gasteiger partial charge in [-0.15, -0.1) is 0 Å². The SMILES string of the molecule is CCCN1CCOCC2(CCC2)C1. The van der Waals surface area contributed by atoms with Gasteiger partial charge in [0.2, 0.25) is 0 Å². The highest BCUT2D eigenvalue weighted by molar-refractivity contribution is 4.91. The lowest BCUT2D eigenvalue weighted by Crippen LogP contribution is -2.43. The molecule has 0 aromatic carbocycles. The molecule has 1 saturated heterocycles. The fraction of sp³-hybridized carbons (Fsp3) is 1.00. The average molecular weight is 183 g/mol. The third-order valence-electron chi connectivity index (χ3n) is 3.47. The molecule has 2 aliphatic rings. The molecule has 1 saturated carbocycles. The Hall–Kier alpha value is -0.0800. The fourth-order valence-corrected chi connectivity index (χ4v) is 2.57. The summed E-state index contributed by atoms with van der Waals surface area (Å²) in [6.45, 7) is 7.93. The Bertz CT molecular complexity index is 165. The molecule has 2 fully saturated rings. The molecule has 0 amide bonds. The van der Waals surface area contributed by atoms with E-state index in [4.69, 9.17) is 4.74 Å². The van der Waals surface area contributed by atoms with Crippen molar-refractivity contribution in [2.45, 2.75) is 32.6 Å². The van der Waals surface area contributed by atoms with Crippen LogP contribution in [0.25, 0.3) is 0 Å². The van der Waals surface area contributed by atoms with Gasteiger partial charge in [0.1, 0.15) is 0 Å². The predicted octanol–water partition coefficient (Wildman–Crippen LogP) is 1.90. The molecule has 0 atom stereocenters. The van der Waals surface area contributed by atoms with Crippen molar-refractivity contribution in [3.05, 3.63) is 0 Å². The van der Waals surface area contributed by atoms with Crippen molar-refractivity contribution < 1.29 is 4.74 Å². The average Bonchev–Trinajstić information content (AvgIpc) is 2.27. The first-order valence-corrected chi connectivity index (χ1v) is 5.65. The zero-order valence-corrected chi connectivity index (χ0v) is 8.72. The van der Waals surface area contributed by atoms with Crippen LogP contribution in [0.5, 0.6) is 0 Å². The van der Waals surface area contributed by atoms with Crippen molar-refractivity contribution in [3.63, 3.8) is 0 Å². The maximum absolute atomic E-state index is 5.69. The first kappa shape index (κ1) is 9.47. The number of ether oxygens (including phenoxy) is 1. The van der Waals surface area contributed by atoms with Gasteiger partial charge in [0.25, 0.3) is 0 Å². The fourth-order valence-electron chi connectivity index (χ4n) is 2.57. The molecule has 0 radical (unpaired) electrons. The van der Waals surface area contributed by atoms with Crippen LogP contribution in [-0.2, 0) is 4.74 Å². The summed E-state index contributed by atoms with van der Waals surface area (Å²) in [7, 11) is 0. The van der Waals surface area contributed by atoms with Crippen LogP contribution in [0.4, 0.5) is 0 Å². The summed E-state index contributed by atoms with van der Waals surface area (Å²) in [6.07, 6.45) is 5.49. The molecule has 0 N–H and O–H groups in total. The quantitative estimate of drug-likeness (QED) is 0.648. The Morgan fingerprint density at radius 1 is 1.38 bits per heavy atom. The van der Waals surface area contributed by atoms with Crippen LogP contribution in [0, 0.1) is 5.41 Å². The van der Waals surface area contributed by atoms with E-state index in [-0.39, 0.29) is 0 Å². The largest absolute Gasteiger partial charge is 0.379 e. The van der Waals surface area contributed by atoms with E-state index >= 15 is 0 Å². The summed E-state index contributed by atoms with van der Waals surface area (Å²) >= 11 is 0. The molecule has 0 aromatic rings. The number of nitrogens with zero attached hydrogens (tertiary/aromatic N) is 1. The van der Waals surface area contributed by atoms with Gasteiger partial charge in [-0.05, 0) is 25.8 Å². The molecule has 2 heteroatoms. The van der Waals surface area contributed by atoms with Crippen molar-refractivity contribution in [3.8, 4) is 0 Å². The molecular formula is C11H21NO. The summed E-state index contributed by atoms with van der Waals surface area (Å²) in [5.41, 5.74) is 0.561. The van der Waals surface area contributed by atoms with Gasteiger partial charge in [-0.2, -0.15) is 0 Å². The summed E-state index contributed by atoms with van der Waals surface area (Å²) in [6, 6.07) is 0. The van der Waals surface area contributed by atoms with Gasteiger partial charge in [0, 0.05) is 18.5 Å². The van der Waals surface area contributed by atoms with E-state index in [9.17, 15) is 0 Å². The summed E-state index contributed by atoms with van der Waals surface area (Å²) in [4.78, 5) is 2.59. The lowest BCUT2D eigenvalue weighted by atomic mass is 9.69. The van der Waals surface area contributed by atoms with Crippen molar-refractivity contribution >= 4 is 0 Å². The van der Waals surface area contributed by atoms with Crippen molar-refractivity contribution in [1.29, 1.82) is 0 Å². The zero-order valence-electron chi connectivity index (χ0n) is 8.72. The van der Waals surface area contributed by atoms with E-state index in [1.165, 1.54) is 38.8 Å². The summed E-state index contributed by atoms with van der Waals surface area (Å²) in [5, 5.41) is 0. The van der Waals surface area contributed by atoms with Gasteiger partial charge < -0.3 is 9.64 Å². The molecule has 76 valence electrons. The summed E-state index contributed by atoms with van der Waals surface area (Å²) < 4.78 is 5.69. The van der Waals surface area contributed by atoms with Crippen LogP contribution in [0.15, 0.2) is 0 Å². The minimum absolute atomic E-state index is 0.561. The van der Waals surface area contributed by atoms with Gasteiger partial charge in [0.15, 0.2) is 0 Å². The van der Waals surface area contributed by atoms with Crippen LogP contribution >= 0.6 is 0 Å². The minimum atomic E-state index is 0.561. The van der Waals surface area contributed by atoms with Gasteiger partial charge in [0.05, 0.1) is 13.2 Å². The van der Waals surface area contributed by atoms with Crippen LogP contribution in [-0.4, -0.2) is 37.7 Å². The molecular weight excluding hydrogens is 162 g/mol. The van der Waals surface area contributed by atoms with Crippen LogP contribution < -0.4 is 0 Å². The van der Waals surface area contributed by atoms with Crippen LogP contribution in [0.2, 0.25) is 0 Å². The molecule has 1 aliphatic heterocycles. The predicted molar refractivity (Wildman–Crippen MR) is 53.8 cm³/mol. The number of hydrogen-bond donors (Lipinski definition) is 0. The summed E-state index contributed by atoms with van der Waals surface area (Å²) in [5.74, 6) is 0. The minimum Gasteiger partial charge on any atom is -0.379 e. The highest BCUT2D eigenvalue weighted by Gasteiger charge is 2.39. The van der Waals surface area contributed by atoms with Crippen LogP contribution in [0.3, 0.4) is 0 Å². The second-order valence-electron chi connectivity index (χ2n) is 4.68. The molecule has 2 rings (SSSR count). The van der Waals surface area contributed by atoms with Gasteiger partial charge in [-0.1, -0.05) is 13.3 Å². The first-order chi connectivity index (χ1) is 6.35. The second-order valence-corrected chi connectivity index (χ2v) is 4.68. The third kappa shape index (κ3) is 2.05. The maximum atomic E-state index is 5.69. The first-order valence-electron chi connectivity index (χ1n) is 5.65. The van der Waals surface area contributed by atoms with E-state index in [0.717, 1.165) is 19.8 Å². The lowest BCUT2D eigenvalue weighted by Gasteiger charge is -2.42. The Morgan fingerprint density at radius 2 is 2.23 bits per heavy atom. The standard InChI is InChI=1S/C11H21NO/c1-2-6-12-7-8-13-10-11(9-12)4-3-5-11/h2-10H2,1H3. The molecule has 1 spiro atoms. The van der Waals surface area contributed by atoms with Crippen LogP contribution in [0.1, 0.15) is 32.6 Å². The molecule has 13 heavy (non-hydrogen) atoms. The Balaban J connectivity index is 1.90. The third-order valence-corrected chi connectivity index (χ3v) is 3.47. The Kier molecular flexibility index (Phi) is 2.89. The Morgan fingerprint density at radius 3 is 2.85 bits per heavy atom. The van der Waals surface area contributed by atoms with E-state index in [1.807, 2.05) is 0 Å². The smallest absolute Gasteiger partial charge is 0.0593 e. The van der Waals surface area contributed by atoms with Gasteiger partial charge >= 0.3 is 0 Å². The monoisotopic (exact) mass is 183 g/mol. The number of hydrogen-bond acceptors (Lipinski definition) is 2. The molecule has 0 bridgehead atoms. The van der Waals surface area contributed by atoms with E-state index in [1.54, 1.807) is 0 Å². The maximum Gasteiger partial charge on any atom is 0.0593 e. The van der Waals surface area contributed by atoms with Crippen molar-refractivity contribution in [1.82, 2.24) is 4.90 Å². The Labute approximate surface area is 81.3 Å². The highest BCUT2D eigenvalue weighted by atomic mass is 16.5. The van der Waals surface area contributed by atoms with Crippen molar-refractivity contribution in [2.75, 3.05) is 32.8 Å². The van der Waals surface area contributed by atoms with E-state index < -0.39 is 0 Å². The van der Waals surface area contributed by atoms with E-state index in [2.05, 4.69) is 11.8 Å².